The number of benzene rings is 1. The van der Waals surface area contributed by atoms with Crippen LogP contribution in [0.25, 0.3) is 0 Å². The number of carbonyl (C=O) groups is 5. The minimum atomic E-state index is -1.71. The van der Waals surface area contributed by atoms with E-state index in [1.807, 2.05) is 5.32 Å². The van der Waals surface area contributed by atoms with Gasteiger partial charge in [0.25, 0.3) is 0 Å². The van der Waals surface area contributed by atoms with Crippen molar-refractivity contribution in [3.63, 3.8) is 0 Å². The van der Waals surface area contributed by atoms with Crippen LogP contribution in [0.1, 0.15) is 12.0 Å². The van der Waals surface area contributed by atoms with Crippen molar-refractivity contribution in [2.45, 2.75) is 37.0 Å². The third-order valence-corrected chi connectivity index (χ3v) is 4.26. The second-order valence-electron chi connectivity index (χ2n) is 6.78. The summed E-state index contributed by atoms with van der Waals surface area (Å²) in [6, 6.07) is 2.41. The predicted molar refractivity (Wildman–Crippen MR) is 108 cm³/mol. The van der Waals surface area contributed by atoms with E-state index in [1.165, 1.54) is 0 Å². The first kappa shape index (κ1) is 26.5. The lowest BCUT2D eigenvalue weighted by Crippen LogP contribution is -2.58. The van der Waals surface area contributed by atoms with Crippen molar-refractivity contribution in [3.8, 4) is 0 Å². The van der Waals surface area contributed by atoms with Gasteiger partial charge in [-0.25, -0.2) is 4.79 Å². The van der Waals surface area contributed by atoms with Gasteiger partial charge in [0.05, 0.1) is 19.6 Å². The van der Waals surface area contributed by atoms with Crippen LogP contribution in [-0.2, 0) is 30.4 Å². The molecule has 0 aliphatic heterocycles. The lowest BCUT2D eigenvalue weighted by Gasteiger charge is -2.24. The molecule has 1 aromatic carbocycles. The second-order valence-corrected chi connectivity index (χ2v) is 6.78. The van der Waals surface area contributed by atoms with E-state index < -0.39 is 73.5 Å². The summed E-state index contributed by atoms with van der Waals surface area (Å²) in [7, 11) is 0. The summed E-state index contributed by atoms with van der Waals surface area (Å²) in [6.07, 6.45) is -0.941. The zero-order valence-electron chi connectivity index (χ0n) is 16.9. The maximum atomic E-state index is 12.8. The second kappa shape index (κ2) is 13.0. The van der Waals surface area contributed by atoms with Gasteiger partial charge < -0.3 is 42.1 Å². The molecule has 13 heteroatoms. The van der Waals surface area contributed by atoms with Gasteiger partial charge in [-0.15, -0.1) is 0 Å². The number of nitrogens with one attached hydrogen (secondary N) is 3. The number of carboxylic acid groups (broad SMARTS) is 2. The largest absolute Gasteiger partial charge is 0.481 e. The highest BCUT2D eigenvalue weighted by Gasteiger charge is 2.31. The molecule has 0 saturated heterocycles. The van der Waals surface area contributed by atoms with Crippen molar-refractivity contribution in [3.05, 3.63) is 35.9 Å². The van der Waals surface area contributed by atoms with E-state index in [1.54, 1.807) is 30.3 Å². The van der Waals surface area contributed by atoms with Gasteiger partial charge >= 0.3 is 11.9 Å². The standard InChI is InChI=1S/C19H26N4O9/c20-11(8-24)16(28)21-12(6-10-4-2-1-3-5-10)17(29)22-13(7-15(26)27)18(30)23-14(9-25)19(31)32/h1-5,11-14,24-25H,6-9,20H2,(H,21,28)(H,22,29)(H,23,30)(H,26,27)(H,31,32). The van der Waals surface area contributed by atoms with Gasteiger partial charge in [-0.05, 0) is 5.56 Å². The number of hydrogen-bond donors (Lipinski definition) is 8. The number of aliphatic hydroxyl groups excluding tert-OH is 2. The Morgan fingerprint density at radius 3 is 1.81 bits per heavy atom. The van der Waals surface area contributed by atoms with Gasteiger partial charge in [0.15, 0.2) is 0 Å². The molecule has 0 aromatic heterocycles. The van der Waals surface area contributed by atoms with E-state index in [-0.39, 0.29) is 6.42 Å². The van der Waals surface area contributed by atoms with Gasteiger partial charge in [0.1, 0.15) is 24.2 Å². The number of aliphatic hydroxyl groups is 2. The van der Waals surface area contributed by atoms with E-state index in [4.69, 9.17) is 26.2 Å². The normalized spacial score (nSPS) is 14.3. The third-order valence-electron chi connectivity index (χ3n) is 4.26. The summed E-state index contributed by atoms with van der Waals surface area (Å²) in [5.41, 5.74) is 6.08. The summed E-state index contributed by atoms with van der Waals surface area (Å²) in [5, 5.41) is 42.5. The molecule has 0 radical (unpaired) electrons. The molecular formula is C19H26N4O9. The highest BCUT2D eigenvalue weighted by molar-refractivity contribution is 5.95. The number of amides is 3. The Bertz CT molecular complexity index is 818. The van der Waals surface area contributed by atoms with Crippen molar-refractivity contribution in [2.24, 2.45) is 5.73 Å². The molecule has 9 N–H and O–H groups in total. The first-order chi connectivity index (χ1) is 15.1. The first-order valence-electron chi connectivity index (χ1n) is 9.46. The van der Waals surface area contributed by atoms with E-state index in [9.17, 15) is 24.0 Å². The first-order valence-corrected chi connectivity index (χ1v) is 9.46. The maximum absolute atomic E-state index is 12.8. The quantitative estimate of drug-likeness (QED) is 0.147. The fourth-order valence-electron chi connectivity index (χ4n) is 2.53. The van der Waals surface area contributed by atoms with E-state index in [0.29, 0.717) is 5.56 Å². The molecule has 0 spiro atoms. The summed E-state index contributed by atoms with van der Waals surface area (Å²) in [4.78, 5) is 59.4. The molecule has 4 atom stereocenters. The van der Waals surface area contributed by atoms with Crippen LogP contribution in [0.5, 0.6) is 0 Å². The van der Waals surface area contributed by atoms with E-state index >= 15 is 0 Å². The Labute approximate surface area is 182 Å². The van der Waals surface area contributed by atoms with Crippen LogP contribution in [0.15, 0.2) is 30.3 Å². The minimum absolute atomic E-state index is 0.0492. The Morgan fingerprint density at radius 1 is 0.781 bits per heavy atom. The molecule has 32 heavy (non-hydrogen) atoms. The number of carboxylic acids is 2. The molecule has 1 rings (SSSR count). The van der Waals surface area contributed by atoms with Crippen LogP contribution in [0.2, 0.25) is 0 Å². The number of aliphatic carboxylic acids is 2. The molecular weight excluding hydrogens is 428 g/mol. The van der Waals surface area contributed by atoms with Crippen molar-refractivity contribution in [1.82, 2.24) is 16.0 Å². The predicted octanol–water partition coefficient (Wildman–Crippen LogP) is -3.45. The molecule has 0 heterocycles. The van der Waals surface area contributed by atoms with Crippen molar-refractivity contribution >= 4 is 29.7 Å². The maximum Gasteiger partial charge on any atom is 0.328 e. The molecule has 176 valence electrons. The summed E-state index contributed by atoms with van der Waals surface area (Å²) in [5.74, 6) is -5.97. The number of hydrogen-bond acceptors (Lipinski definition) is 8. The van der Waals surface area contributed by atoms with Crippen LogP contribution in [0, 0.1) is 0 Å². The monoisotopic (exact) mass is 454 g/mol. The zero-order chi connectivity index (χ0) is 24.3. The Morgan fingerprint density at radius 2 is 1.31 bits per heavy atom. The Hall–Kier alpha value is -3.55. The zero-order valence-corrected chi connectivity index (χ0v) is 16.9. The molecule has 0 fully saturated rings. The number of nitrogens with two attached hydrogens (primary N) is 1. The van der Waals surface area contributed by atoms with Crippen molar-refractivity contribution < 1.29 is 44.4 Å². The van der Waals surface area contributed by atoms with Gasteiger partial charge in [-0.3, -0.25) is 19.2 Å². The van der Waals surface area contributed by atoms with Crippen LogP contribution >= 0.6 is 0 Å². The van der Waals surface area contributed by atoms with Gasteiger partial charge in [-0.1, -0.05) is 30.3 Å². The molecule has 0 aliphatic rings. The highest BCUT2D eigenvalue weighted by atomic mass is 16.4. The van der Waals surface area contributed by atoms with Crippen LogP contribution < -0.4 is 21.7 Å². The fraction of sp³-hybridized carbons (Fsp3) is 0.421. The molecule has 0 aliphatic carbocycles. The van der Waals surface area contributed by atoms with Crippen LogP contribution in [-0.4, -0.2) is 87.5 Å². The van der Waals surface area contributed by atoms with Crippen LogP contribution in [0.4, 0.5) is 0 Å². The number of carbonyl (C=O) groups excluding carboxylic acids is 3. The highest BCUT2D eigenvalue weighted by Crippen LogP contribution is 2.05. The smallest absolute Gasteiger partial charge is 0.328 e. The molecule has 1 aromatic rings. The summed E-state index contributed by atoms with van der Waals surface area (Å²) < 4.78 is 0. The number of rotatable bonds is 13. The average Bonchev–Trinajstić information content (AvgIpc) is 2.75. The topological polar surface area (TPSA) is 228 Å². The lowest BCUT2D eigenvalue weighted by atomic mass is 10.0. The Kier molecular flexibility index (Phi) is 10.8. The molecule has 13 nitrogen and oxygen atoms in total. The van der Waals surface area contributed by atoms with E-state index in [0.717, 1.165) is 0 Å². The van der Waals surface area contributed by atoms with Crippen molar-refractivity contribution in [2.75, 3.05) is 13.2 Å². The molecule has 0 bridgehead atoms. The summed E-state index contributed by atoms with van der Waals surface area (Å²) in [6.45, 7) is -1.65. The SMILES string of the molecule is NC(CO)C(=O)NC(Cc1ccccc1)C(=O)NC(CC(=O)O)C(=O)NC(CO)C(=O)O. The average molecular weight is 454 g/mol. The van der Waals surface area contributed by atoms with Crippen molar-refractivity contribution in [1.29, 1.82) is 0 Å². The molecule has 4 unspecified atom stereocenters. The van der Waals surface area contributed by atoms with Gasteiger partial charge in [-0.2, -0.15) is 0 Å². The Balaban J connectivity index is 3.06. The van der Waals surface area contributed by atoms with Gasteiger partial charge in [0.2, 0.25) is 17.7 Å². The van der Waals surface area contributed by atoms with Crippen LogP contribution in [0.3, 0.4) is 0 Å². The molecule has 0 saturated carbocycles. The third kappa shape index (κ3) is 8.67. The van der Waals surface area contributed by atoms with Gasteiger partial charge in [0, 0.05) is 6.42 Å². The lowest BCUT2D eigenvalue weighted by molar-refractivity contribution is -0.144. The van der Waals surface area contributed by atoms with E-state index in [2.05, 4.69) is 10.6 Å². The minimum Gasteiger partial charge on any atom is -0.481 e. The molecule has 3 amide bonds. The fourth-order valence-corrected chi connectivity index (χ4v) is 2.53. The summed E-state index contributed by atoms with van der Waals surface area (Å²) >= 11 is 0.